The molecule has 0 aliphatic heterocycles. The van der Waals surface area contributed by atoms with Crippen LogP contribution in [0, 0.1) is 11.3 Å². The van der Waals surface area contributed by atoms with Crippen LogP contribution < -0.4 is 5.32 Å². The van der Waals surface area contributed by atoms with Gasteiger partial charge in [0.1, 0.15) is 11.8 Å². The van der Waals surface area contributed by atoms with Crippen molar-refractivity contribution >= 4 is 11.8 Å². The first kappa shape index (κ1) is 12.4. The van der Waals surface area contributed by atoms with Crippen LogP contribution in [-0.4, -0.2) is 22.5 Å². The van der Waals surface area contributed by atoms with Crippen molar-refractivity contribution in [3.8, 4) is 6.07 Å². The predicted octanol–water partition coefficient (Wildman–Crippen LogP) is 2.33. The van der Waals surface area contributed by atoms with Gasteiger partial charge < -0.3 is 5.32 Å². The number of nitriles is 1. The monoisotopic (exact) mass is 247 g/mol. The molecule has 2 rings (SSSR count). The van der Waals surface area contributed by atoms with Crippen molar-refractivity contribution in [2.24, 2.45) is 0 Å². The van der Waals surface area contributed by atoms with Gasteiger partial charge in [-0.3, -0.25) is 0 Å². The Balaban J connectivity index is 1.83. The molecule has 0 spiro atoms. The van der Waals surface area contributed by atoms with Crippen molar-refractivity contribution in [2.45, 2.75) is 30.6 Å². The number of hydrogen-bond donors (Lipinski definition) is 1. The molecule has 1 aromatic rings. The molecular formula is C13H17N3S. The van der Waals surface area contributed by atoms with Crippen molar-refractivity contribution in [2.75, 3.05) is 12.8 Å². The highest BCUT2D eigenvalue weighted by atomic mass is 32.2. The molecule has 1 fully saturated rings. The molecule has 1 aliphatic rings. The minimum absolute atomic E-state index is 0.463. The summed E-state index contributed by atoms with van der Waals surface area (Å²) in [4.78, 5) is 3.97. The fourth-order valence-electron chi connectivity index (χ4n) is 2.10. The molecule has 1 saturated carbocycles. The Bertz CT molecular complexity index is 415. The average Bonchev–Trinajstić information content (AvgIpc) is 2.33. The molecule has 90 valence electrons. The summed E-state index contributed by atoms with van der Waals surface area (Å²) in [6.07, 6.45) is 7.89. The lowest BCUT2D eigenvalue weighted by atomic mass is 9.84. The van der Waals surface area contributed by atoms with Gasteiger partial charge in [-0.05, 0) is 36.8 Å². The zero-order valence-corrected chi connectivity index (χ0v) is 10.9. The molecule has 4 heteroatoms. The Morgan fingerprint density at radius 3 is 3.00 bits per heavy atom. The third kappa shape index (κ3) is 2.99. The van der Waals surface area contributed by atoms with Crippen LogP contribution in [0.15, 0.2) is 18.3 Å². The number of aromatic nitrogens is 1. The molecule has 1 N–H and O–H groups in total. The lowest BCUT2D eigenvalue weighted by Crippen LogP contribution is -2.43. The minimum atomic E-state index is 0.463. The summed E-state index contributed by atoms with van der Waals surface area (Å²) in [6, 6.07) is 5.87. The second kappa shape index (κ2) is 5.52. The maximum absolute atomic E-state index is 8.77. The van der Waals surface area contributed by atoms with Gasteiger partial charge in [-0.25, -0.2) is 4.98 Å². The van der Waals surface area contributed by atoms with Gasteiger partial charge in [-0.15, -0.1) is 0 Å². The molecule has 3 nitrogen and oxygen atoms in total. The zero-order chi connectivity index (χ0) is 12.1. The minimum Gasteiger partial charge on any atom is -0.311 e. The van der Waals surface area contributed by atoms with Crippen LogP contribution in [0.3, 0.4) is 0 Å². The van der Waals surface area contributed by atoms with E-state index in [1.165, 1.54) is 19.3 Å². The highest BCUT2D eigenvalue weighted by molar-refractivity contribution is 8.00. The first-order valence-electron chi connectivity index (χ1n) is 5.89. The molecule has 0 atom stereocenters. The fourth-order valence-corrected chi connectivity index (χ4v) is 3.05. The maximum atomic E-state index is 8.77. The van der Waals surface area contributed by atoms with E-state index in [0.29, 0.717) is 10.4 Å². The smallest absolute Gasteiger partial charge is 0.140 e. The summed E-state index contributed by atoms with van der Waals surface area (Å²) < 4.78 is 0.463. The first-order chi connectivity index (χ1) is 8.28. The van der Waals surface area contributed by atoms with Gasteiger partial charge >= 0.3 is 0 Å². The highest BCUT2D eigenvalue weighted by Crippen LogP contribution is 2.42. The topological polar surface area (TPSA) is 48.7 Å². The molecule has 1 heterocycles. The predicted molar refractivity (Wildman–Crippen MR) is 70.8 cm³/mol. The van der Waals surface area contributed by atoms with Crippen LogP contribution in [-0.2, 0) is 6.54 Å². The van der Waals surface area contributed by atoms with Crippen molar-refractivity contribution in [1.82, 2.24) is 10.3 Å². The third-order valence-corrected chi connectivity index (χ3v) is 4.83. The van der Waals surface area contributed by atoms with Gasteiger partial charge in [0.2, 0.25) is 0 Å². The summed E-state index contributed by atoms with van der Waals surface area (Å²) in [5, 5.41) is 12.3. The summed E-state index contributed by atoms with van der Waals surface area (Å²) in [5.41, 5.74) is 1.62. The number of nitrogens with one attached hydrogen (secondary N) is 1. The number of rotatable bonds is 5. The molecule has 17 heavy (non-hydrogen) atoms. The van der Waals surface area contributed by atoms with Gasteiger partial charge in [0.05, 0.1) is 0 Å². The summed E-state index contributed by atoms with van der Waals surface area (Å²) >= 11 is 1.97. The van der Waals surface area contributed by atoms with Crippen LogP contribution in [0.4, 0.5) is 0 Å². The Kier molecular flexibility index (Phi) is 4.03. The van der Waals surface area contributed by atoms with Gasteiger partial charge in [0, 0.05) is 24.0 Å². The molecule has 0 unspecified atom stereocenters. The second-order valence-corrected chi connectivity index (χ2v) is 5.78. The zero-order valence-electron chi connectivity index (χ0n) is 10.1. The summed E-state index contributed by atoms with van der Waals surface area (Å²) in [6.45, 7) is 1.87. The van der Waals surface area contributed by atoms with Crippen molar-refractivity contribution in [1.29, 1.82) is 5.26 Å². The van der Waals surface area contributed by atoms with Crippen molar-refractivity contribution < 1.29 is 0 Å². The van der Waals surface area contributed by atoms with E-state index in [1.54, 1.807) is 6.20 Å². The maximum Gasteiger partial charge on any atom is 0.140 e. The van der Waals surface area contributed by atoms with Gasteiger partial charge in [-0.2, -0.15) is 17.0 Å². The van der Waals surface area contributed by atoms with Gasteiger partial charge in [0.25, 0.3) is 0 Å². The van der Waals surface area contributed by atoms with E-state index >= 15 is 0 Å². The van der Waals surface area contributed by atoms with E-state index in [2.05, 4.69) is 22.6 Å². The molecule has 1 aromatic heterocycles. The van der Waals surface area contributed by atoms with Crippen LogP contribution in [0.1, 0.15) is 30.5 Å². The Hall–Kier alpha value is -1.05. The van der Waals surface area contributed by atoms with Crippen molar-refractivity contribution in [3.63, 3.8) is 0 Å². The number of thioether (sulfide) groups is 1. The van der Waals surface area contributed by atoms with E-state index < -0.39 is 0 Å². The first-order valence-corrected chi connectivity index (χ1v) is 7.11. The van der Waals surface area contributed by atoms with Gasteiger partial charge in [-0.1, -0.05) is 6.42 Å². The molecule has 0 bridgehead atoms. The SMILES string of the molecule is CSC1(CNCc2ccnc(C#N)c2)CCC1. The quantitative estimate of drug-likeness (QED) is 0.867. The largest absolute Gasteiger partial charge is 0.311 e. The molecule has 0 amide bonds. The molecule has 0 aromatic carbocycles. The lowest BCUT2D eigenvalue weighted by molar-refractivity contribution is 0.345. The van der Waals surface area contributed by atoms with E-state index in [9.17, 15) is 0 Å². The Labute approximate surface area is 107 Å². The van der Waals surface area contributed by atoms with Crippen LogP contribution >= 0.6 is 11.8 Å². The van der Waals surface area contributed by atoms with E-state index in [0.717, 1.165) is 18.7 Å². The third-order valence-electron chi connectivity index (χ3n) is 3.41. The van der Waals surface area contributed by atoms with E-state index in [4.69, 9.17) is 5.26 Å². The van der Waals surface area contributed by atoms with Crippen LogP contribution in [0.5, 0.6) is 0 Å². The highest BCUT2D eigenvalue weighted by Gasteiger charge is 2.35. The molecule has 0 radical (unpaired) electrons. The molecule has 0 saturated heterocycles. The lowest BCUT2D eigenvalue weighted by Gasteiger charge is -2.40. The Morgan fingerprint density at radius 1 is 1.59 bits per heavy atom. The molecular weight excluding hydrogens is 230 g/mol. The number of nitrogens with zero attached hydrogens (tertiary/aromatic N) is 2. The van der Waals surface area contributed by atoms with E-state index in [-0.39, 0.29) is 0 Å². The van der Waals surface area contributed by atoms with Crippen molar-refractivity contribution in [3.05, 3.63) is 29.6 Å². The fraction of sp³-hybridized carbons (Fsp3) is 0.538. The second-order valence-electron chi connectivity index (χ2n) is 4.51. The summed E-state index contributed by atoms with van der Waals surface area (Å²) in [7, 11) is 0. The average molecular weight is 247 g/mol. The summed E-state index contributed by atoms with van der Waals surface area (Å²) in [5.74, 6) is 0. The number of pyridine rings is 1. The Morgan fingerprint density at radius 2 is 2.41 bits per heavy atom. The number of hydrogen-bond acceptors (Lipinski definition) is 4. The van der Waals surface area contributed by atoms with Gasteiger partial charge in [0.15, 0.2) is 0 Å². The standard InChI is InChI=1S/C13H17N3S/c1-17-13(4-2-5-13)10-15-9-11-3-6-16-12(7-11)8-14/h3,6-7,15H,2,4-5,9-10H2,1H3. The van der Waals surface area contributed by atoms with Crippen LogP contribution in [0.2, 0.25) is 0 Å². The molecule has 1 aliphatic carbocycles. The normalized spacial score (nSPS) is 17.2. The van der Waals surface area contributed by atoms with E-state index in [1.807, 2.05) is 23.9 Å². The van der Waals surface area contributed by atoms with Crippen LogP contribution in [0.25, 0.3) is 0 Å².